The van der Waals surface area contributed by atoms with Crippen molar-refractivity contribution in [1.29, 1.82) is 0 Å². The molecule has 2 aliphatic rings. The lowest BCUT2D eigenvalue weighted by atomic mass is 9.85. The van der Waals surface area contributed by atoms with Gasteiger partial charge in [-0.25, -0.2) is 0 Å². The maximum Gasteiger partial charge on any atom is 0.116 e. The van der Waals surface area contributed by atoms with Crippen LogP contribution in [0.2, 0.25) is 0 Å². The van der Waals surface area contributed by atoms with Gasteiger partial charge in [-0.2, -0.15) is 0 Å². The zero-order valence-corrected chi connectivity index (χ0v) is 11.1. The summed E-state index contributed by atoms with van der Waals surface area (Å²) in [6.07, 6.45) is 13.2. The quantitative estimate of drug-likeness (QED) is 0.430. The third-order valence-corrected chi connectivity index (χ3v) is 4.71. The van der Waals surface area contributed by atoms with Crippen LogP contribution in [0, 0.1) is 0 Å². The van der Waals surface area contributed by atoms with Gasteiger partial charge in [0.1, 0.15) is 5.60 Å². The minimum Gasteiger partial charge on any atom is -0.358 e. The second kappa shape index (κ2) is 4.52. The molecule has 2 rings (SSSR count). The number of hydrogen-bond donors (Lipinski definition) is 0. The van der Waals surface area contributed by atoms with E-state index in [1.165, 1.54) is 56.9 Å². The van der Waals surface area contributed by atoms with Crippen molar-refractivity contribution in [3.8, 4) is 0 Å². The Labute approximate surface area is 100 Å². The molecule has 0 aromatic heterocycles. The molecule has 0 bridgehead atoms. The van der Waals surface area contributed by atoms with Crippen LogP contribution < -0.4 is 0 Å². The Kier molecular flexibility index (Phi) is 3.44. The molecule has 92 valence electrons. The SMILES string of the molecule is C/C1=C\CCCCCCCCC2(C)OC12C. The van der Waals surface area contributed by atoms with Crippen LogP contribution in [0.1, 0.15) is 72.1 Å². The third kappa shape index (κ3) is 2.20. The molecule has 0 amide bonds. The number of allylic oxidation sites excluding steroid dienone is 1. The van der Waals surface area contributed by atoms with Crippen LogP contribution >= 0.6 is 0 Å². The van der Waals surface area contributed by atoms with E-state index < -0.39 is 0 Å². The monoisotopic (exact) mass is 222 g/mol. The molecular weight excluding hydrogens is 196 g/mol. The van der Waals surface area contributed by atoms with Gasteiger partial charge >= 0.3 is 0 Å². The largest absolute Gasteiger partial charge is 0.358 e. The fourth-order valence-electron chi connectivity index (χ4n) is 3.04. The third-order valence-electron chi connectivity index (χ3n) is 4.71. The Bertz CT molecular complexity index is 281. The van der Waals surface area contributed by atoms with Crippen LogP contribution in [0.15, 0.2) is 11.6 Å². The molecule has 0 aromatic carbocycles. The van der Waals surface area contributed by atoms with Crippen LogP contribution in [-0.2, 0) is 4.74 Å². The van der Waals surface area contributed by atoms with Gasteiger partial charge in [-0.05, 0) is 45.6 Å². The molecule has 0 aromatic rings. The lowest BCUT2D eigenvalue weighted by Gasteiger charge is -2.14. The van der Waals surface area contributed by atoms with Gasteiger partial charge in [0.2, 0.25) is 0 Å². The van der Waals surface area contributed by atoms with Crippen molar-refractivity contribution in [2.24, 2.45) is 0 Å². The van der Waals surface area contributed by atoms with Crippen LogP contribution in [0.3, 0.4) is 0 Å². The van der Waals surface area contributed by atoms with E-state index in [4.69, 9.17) is 4.74 Å². The second-order valence-electron chi connectivity index (χ2n) is 5.91. The minimum atomic E-state index is 0.0478. The van der Waals surface area contributed by atoms with E-state index in [1.807, 2.05) is 0 Å². The Hall–Kier alpha value is -0.300. The minimum absolute atomic E-state index is 0.0478. The highest BCUT2D eigenvalue weighted by Gasteiger charge is 2.63. The molecule has 1 nitrogen and oxygen atoms in total. The first kappa shape index (κ1) is 12.2. The summed E-state index contributed by atoms with van der Waals surface area (Å²) >= 11 is 0. The number of ether oxygens (including phenoxy) is 1. The number of epoxide rings is 1. The maximum absolute atomic E-state index is 6.05. The molecule has 1 heteroatoms. The van der Waals surface area contributed by atoms with Gasteiger partial charge in [-0.1, -0.05) is 38.2 Å². The molecule has 0 N–H and O–H groups in total. The van der Waals surface area contributed by atoms with E-state index in [2.05, 4.69) is 26.8 Å². The Morgan fingerprint density at radius 2 is 1.62 bits per heavy atom. The standard InChI is InChI=1S/C15H26O/c1-13-11-9-7-5-4-6-8-10-12-14(2)15(13,3)16-14/h11H,4-10,12H2,1-3H3/b13-11+. The number of rotatable bonds is 0. The summed E-state index contributed by atoms with van der Waals surface area (Å²) in [5.74, 6) is 0. The van der Waals surface area contributed by atoms with E-state index in [9.17, 15) is 0 Å². The van der Waals surface area contributed by atoms with Crippen molar-refractivity contribution < 1.29 is 4.74 Å². The van der Waals surface area contributed by atoms with Crippen molar-refractivity contribution in [2.45, 2.75) is 83.3 Å². The maximum atomic E-state index is 6.05. The van der Waals surface area contributed by atoms with Gasteiger partial charge < -0.3 is 4.74 Å². The first-order valence-corrected chi connectivity index (χ1v) is 6.96. The molecule has 1 heterocycles. The Balaban J connectivity index is 2.04. The van der Waals surface area contributed by atoms with E-state index in [0.29, 0.717) is 0 Å². The smallest absolute Gasteiger partial charge is 0.116 e. The Morgan fingerprint density at radius 3 is 2.38 bits per heavy atom. The summed E-state index contributed by atoms with van der Waals surface area (Å²) in [6.45, 7) is 6.80. The molecule has 2 atom stereocenters. The zero-order valence-electron chi connectivity index (χ0n) is 11.1. The molecule has 16 heavy (non-hydrogen) atoms. The highest BCUT2D eigenvalue weighted by atomic mass is 16.6. The van der Waals surface area contributed by atoms with E-state index in [-0.39, 0.29) is 11.2 Å². The van der Waals surface area contributed by atoms with Gasteiger partial charge in [-0.3, -0.25) is 0 Å². The van der Waals surface area contributed by atoms with Crippen LogP contribution in [0.4, 0.5) is 0 Å². The predicted molar refractivity (Wildman–Crippen MR) is 68.6 cm³/mol. The summed E-state index contributed by atoms with van der Waals surface area (Å²) in [5, 5.41) is 0. The topological polar surface area (TPSA) is 12.5 Å². The Morgan fingerprint density at radius 1 is 1.00 bits per heavy atom. The molecule has 0 saturated carbocycles. The van der Waals surface area contributed by atoms with Crippen molar-refractivity contribution in [3.05, 3.63) is 11.6 Å². The molecule has 1 saturated heterocycles. The van der Waals surface area contributed by atoms with E-state index >= 15 is 0 Å². The van der Waals surface area contributed by atoms with Crippen LogP contribution in [-0.4, -0.2) is 11.2 Å². The molecule has 0 spiro atoms. The van der Waals surface area contributed by atoms with Crippen molar-refractivity contribution >= 4 is 0 Å². The van der Waals surface area contributed by atoms with Gasteiger partial charge in [0.15, 0.2) is 0 Å². The summed E-state index contributed by atoms with van der Waals surface area (Å²) < 4.78 is 6.05. The van der Waals surface area contributed by atoms with Gasteiger partial charge in [-0.15, -0.1) is 0 Å². The summed E-state index contributed by atoms with van der Waals surface area (Å²) in [6, 6.07) is 0. The fraction of sp³-hybridized carbons (Fsp3) is 0.867. The first-order valence-electron chi connectivity index (χ1n) is 6.96. The molecular formula is C15H26O. The van der Waals surface area contributed by atoms with Crippen molar-refractivity contribution in [1.82, 2.24) is 0 Å². The molecule has 1 aliphatic heterocycles. The molecule has 1 fully saturated rings. The lowest BCUT2D eigenvalue weighted by Crippen LogP contribution is -2.21. The second-order valence-corrected chi connectivity index (χ2v) is 5.91. The summed E-state index contributed by atoms with van der Waals surface area (Å²) in [7, 11) is 0. The van der Waals surface area contributed by atoms with Gasteiger partial charge in [0, 0.05) is 0 Å². The predicted octanol–water partition coefficient (Wildman–Crippen LogP) is 4.61. The average Bonchev–Trinajstić information content (AvgIpc) is 2.79. The van der Waals surface area contributed by atoms with Gasteiger partial charge in [0.05, 0.1) is 5.60 Å². The van der Waals surface area contributed by atoms with Crippen molar-refractivity contribution in [3.63, 3.8) is 0 Å². The molecule has 2 unspecified atom stereocenters. The normalized spacial score (nSPS) is 44.6. The average molecular weight is 222 g/mol. The fourth-order valence-corrected chi connectivity index (χ4v) is 3.04. The highest BCUT2D eigenvalue weighted by molar-refractivity contribution is 5.29. The van der Waals surface area contributed by atoms with Crippen molar-refractivity contribution in [2.75, 3.05) is 0 Å². The zero-order chi connectivity index (χ0) is 11.6. The number of hydrogen-bond acceptors (Lipinski definition) is 1. The molecule has 0 radical (unpaired) electrons. The highest BCUT2D eigenvalue weighted by Crippen LogP contribution is 2.55. The van der Waals surface area contributed by atoms with Crippen LogP contribution in [0.5, 0.6) is 0 Å². The molecule has 1 aliphatic carbocycles. The number of fused-ring (bicyclic) bond motifs is 1. The van der Waals surface area contributed by atoms with Gasteiger partial charge in [0.25, 0.3) is 0 Å². The first-order chi connectivity index (χ1) is 7.58. The van der Waals surface area contributed by atoms with E-state index in [1.54, 1.807) is 0 Å². The van der Waals surface area contributed by atoms with Crippen LogP contribution in [0.25, 0.3) is 0 Å². The summed E-state index contributed by atoms with van der Waals surface area (Å²) in [5.41, 5.74) is 1.63. The summed E-state index contributed by atoms with van der Waals surface area (Å²) in [4.78, 5) is 0. The van der Waals surface area contributed by atoms with E-state index in [0.717, 1.165) is 0 Å². The lowest BCUT2D eigenvalue weighted by molar-refractivity contribution is 0.277.